The Labute approximate surface area is 168 Å². The van der Waals surface area contributed by atoms with E-state index in [-0.39, 0.29) is 16.0 Å². The first kappa shape index (κ1) is 20.3. The van der Waals surface area contributed by atoms with Crippen LogP contribution in [-0.4, -0.2) is 61.7 Å². The Kier molecular flexibility index (Phi) is 5.60. The number of H-pyrrole nitrogens is 2. The Balaban J connectivity index is 1.58. The van der Waals surface area contributed by atoms with E-state index in [9.17, 15) is 18.0 Å². The third-order valence-corrected chi connectivity index (χ3v) is 7.46. The minimum atomic E-state index is -3.77. The van der Waals surface area contributed by atoms with Gasteiger partial charge in [0.2, 0.25) is 10.0 Å². The predicted octanol–water partition coefficient (Wildman–Crippen LogP) is 0.530. The Morgan fingerprint density at radius 3 is 2.34 bits per heavy atom. The van der Waals surface area contributed by atoms with Gasteiger partial charge in [-0.3, -0.25) is 14.5 Å². The first-order valence-electron chi connectivity index (χ1n) is 9.99. The molecule has 1 aromatic carbocycles. The fraction of sp³-hybridized carbons (Fsp3) is 0.579. The summed E-state index contributed by atoms with van der Waals surface area (Å²) >= 11 is 0. The number of nitrogens with zero attached hydrogens (tertiary/aromatic N) is 1. The highest BCUT2D eigenvalue weighted by Gasteiger charge is 2.39. The van der Waals surface area contributed by atoms with Crippen molar-refractivity contribution in [2.75, 3.05) is 32.8 Å². The molecule has 10 heteroatoms. The Morgan fingerprint density at radius 2 is 1.66 bits per heavy atom. The normalized spacial score (nSPS) is 20.7. The lowest BCUT2D eigenvalue weighted by atomic mass is 9.80. The van der Waals surface area contributed by atoms with Gasteiger partial charge in [0.05, 0.1) is 29.1 Å². The number of sulfonamides is 1. The number of ether oxygens (including phenoxy) is 1. The minimum Gasteiger partial charge on any atom is -0.379 e. The maximum atomic E-state index is 13.0. The number of nitrogens with one attached hydrogen (secondary N) is 3. The van der Waals surface area contributed by atoms with Crippen LogP contribution >= 0.6 is 0 Å². The summed E-state index contributed by atoms with van der Waals surface area (Å²) in [7, 11) is -3.77. The molecule has 0 radical (unpaired) electrons. The van der Waals surface area contributed by atoms with Crippen LogP contribution in [0.15, 0.2) is 32.7 Å². The molecule has 1 aromatic heterocycles. The van der Waals surface area contributed by atoms with Crippen molar-refractivity contribution in [2.24, 2.45) is 0 Å². The molecule has 2 aliphatic rings. The van der Waals surface area contributed by atoms with E-state index in [0.29, 0.717) is 25.3 Å². The van der Waals surface area contributed by atoms with Crippen LogP contribution in [0.25, 0.3) is 11.0 Å². The van der Waals surface area contributed by atoms with Crippen LogP contribution in [0.3, 0.4) is 0 Å². The van der Waals surface area contributed by atoms with Gasteiger partial charge in [-0.2, -0.15) is 0 Å². The molecule has 2 heterocycles. The van der Waals surface area contributed by atoms with Crippen molar-refractivity contribution in [3.05, 3.63) is 38.9 Å². The number of benzene rings is 1. The van der Waals surface area contributed by atoms with E-state index in [4.69, 9.17) is 4.74 Å². The van der Waals surface area contributed by atoms with Gasteiger partial charge in [-0.05, 0) is 31.0 Å². The van der Waals surface area contributed by atoms with Gasteiger partial charge in [-0.1, -0.05) is 19.3 Å². The van der Waals surface area contributed by atoms with E-state index in [2.05, 4.69) is 19.6 Å². The number of morpholine rings is 1. The van der Waals surface area contributed by atoms with Crippen molar-refractivity contribution in [2.45, 2.75) is 42.5 Å². The van der Waals surface area contributed by atoms with Gasteiger partial charge in [-0.15, -0.1) is 0 Å². The lowest BCUT2D eigenvalue weighted by Crippen LogP contribution is -2.59. The molecule has 1 aliphatic heterocycles. The van der Waals surface area contributed by atoms with Crippen molar-refractivity contribution in [1.29, 1.82) is 0 Å². The molecule has 4 rings (SSSR count). The van der Waals surface area contributed by atoms with Gasteiger partial charge >= 0.3 is 11.1 Å². The second-order valence-electron chi connectivity index (χ2n) is 7.82. The van der Waals surface area contributed by atoms with Crippen LogP contribution < -0.4 is 15.8 Å². The molecular formula is C19H26N4O5S. The highest BCUT2D eigenvalue weighted by atomic mass is 32.2. The Bertz CT molecular complexity index is 1100. The quantitative estimate of drug-likeness (QED) is 0.604. The molecule has 3 N–H and O–H groups in total. The maximum absolute atomic E-state index is 13.0. The molecule has 29 heavy (non-hydrogen) atoms. The third-order valence-electron chi connectivity index (χ3n) is 6.06. The van der Waals surface area contributed by atoms with Gasteiger partial charge in [0.15, 0.2) is 0 Å². The fourth-order valence-corrected chi connectivity index (χ4v) is 5.57. The van der Waals surface area contributed by atoms with Crippen LogP contribution in [0.4, 0.5) is 0 Å². The highest BCUT2D eigenvalue weighted by molar-refractivity contribution is 7.89. The van der Waals surface area contributed by atoms with Gasteiger partial charge in [0, 0.05) is 25.2 Å². The first-order chi connectivity index (χ1) is 13.9. The predicted molar refractivity (Wildman–Crippen MR) is 109 cm³/mol. The summed E-state index contributed by atoms with van der Waals surface area (Å²) in [6.45, 7) is 3.31. The molecule has 1 saturated heterocycles. The summed E-state index contributed by atoms with van der Waals surface area (Å²) in [6, 6.07) is 4.29. The molecule has 0 unspecified atom stereocenters. The number of aromatic nitrogens is 2. The molecule has 0 atom stereocenters. The van der Waals surface area contributed by atoms with Gasteiger partial charge in [-0.25, -0.2) is 13.1 Å². The number of fused-ring (bicyclic) bond motifs is 1. The molecular weight excluding hydrogens is 396 g/mol. The number of rotatable bonds is 5. The molecule has 0 bridgehead atoms. The molecule has 0 spiro atoms. The van der Waals surface area contributed by atoms with Gasteiger partial charge in [0.25, 0.3) is 0 Å². The summed E-state index contributed by atoms with van der Waals surface area (Å²) in [5, 5.41) is 0. The van der Waals surface area contributed by atoms with E-state index < -0.39 is 21.1 Å². The third kappa shape index (κ3) is 4.16. The molecule has 2 aromatic rings. The zero-order valence-electron chi connectivity index (χ0n) is 16.2. The average molecular weight is 423 g/mol. The first-order valence-corrected chi connectivity index (χ1v) is 11.5. The number of hydrogen-bond acceptors (Lipinski definition) is 6. The number of aromatic amines is 2. The molecule has 9 nitrogen and oxygen atoms in total. The van der Waals surface area contributed by atoms with Crippen LogP contribution in [0.5, 0.6) is 0 Å². The molecule has 158 valence electrons. The van der Waals surface area contributed by atoms with E-state index in [1.54, 1.807) is 0 Å². The van der Waals surface area contributed by atoms with Crippen molar-refractivity contribution < 1.29 is 13.2 Å². The van der Waals surface area contributed by atoms with Gasteiger partial charge in [0.1, 0.15) is 0 Å². The molecule has 1 saturated carbocycles. The average Bonchev–Trinajstić information content (AvgIpc) is 2.74. The van der Waals surface area contributed by atoms with Crippen molar-refractivity contribution in [3.8, 4) is 0 Å². The second-order valence-corrected chi connectivity index (χ2v) is 9.59. The van der Waals surface area contributed by atoms with Gasteiger partial charge < -0.3 is 14.7 Å². The minimum absolute atomic E-state index is 0.0561. The van der Waals surface area contributed by atoms with Crippen molar-refractivity contribution in [1.82, 2.24) is 19.6 Å². The highest BCUT2D eigenvalue weighted by Crippen LogP contribution is 2.34. The second kappa shape index (κ2) is 8.02. The largest absolute Gasteiger partial charge is 0.379 e. The Hall–Kier alpha value is -2.01. The zero-order chi connectivity index (χ0) is 20.5. The number of hydrogen-bond donors (Lipinski definition) is 3. The summed E-state index contributed by atoms with van der Waals surface area (Å²) < 4.78 is 34.2. The lowest BCUT2D eigenvalue weighted by Gasteiger charge is -2.48. The lowest BCUT2D eigenvalue weighted by molar-refractivity contribution is -0.0348. The SMILES string of the molecule is O=c1[nH]c2ccc(S(=O)(=O)NCC3(N4CCOCC4)CCCCC3)cc2[nH]c1=O. The summed E-state index contributed by atoms with van der Waals surface area (Å²) in [5.41, 5.74) is -1.11. The summed E-state index contributed by atoms with van der Waals surface area (Å²) in [6.07, 6.45) is 5.27. The van der Waals surface area contributed by atoms with Crippen LogP contribution in [0.1, 0.15) is 32.1 Å². The topological polar surface area (TPSA) is 124 Å². The van der Waals surface area contributed by atoms with E-state index >= 15 is 0 Å². The fourth-order valence-electron chi connectivity index (χ4n) is 4.43. The smallest absolute Gasteiger partial charge is 0.314 e. The molecule has 2 fully saturated rings. The van der Waals surface area contributed by atoms with Crippen LogP contribution in [0.2, 0.25) is 0 Å². The van der Waals surface area contributed by atoms with E-state index in [1.165, 1.54) is 24.6 Å². The van der Waals surface area contributed by atoms with Crippen molar-refractivity contribution in [3.63, 3.8) is 0 Å². The van der Waals surface area contributed by atoms with Crippen molar-refractivity contribution >= 4 is 21.1 Å². The summed E-state index contributed by atoms with van der Waals surface area (Å²) in [4.78, 5) is 30.3. The van der Waals surface area contributed by atoms with E-state index in [1.807, 2.05) is 0 Å². The van der Waals surface area contributed by atoms with Crippen LogP contribution in [-0.2, 0) is 14.8 Å². The zero-order valence-corrected chi connectivity index (χ0v) is 17.0. The molecule has 0 amide bonds. The monoisotopic (exact) mass is 422 g/mol. The molecule has 1 aliphatic carbocycles. The van der Waals surface area contributed by atoms with E-state index in [0.717, 1.165) is 38.8 Å². The Morgan fingerprint density at radius 1 is 1.00 bits per heavy atom. The summed E-state index contributed by atoms with van der Waals surface area (Å²) in [5.74, 6) is 0. The standard InChI is InChI=1S/C19H26N4O5S/c24-17-18(25)22-16-12-14(4-5-15(16)21-17)29(26,27)20-13-19(6-2-1-3-7-19)23-8-10-28-11-9-23/h4-5,12,20H,1-3,6-11,13H2,(H,21,24)(H,22,25). The maximum Gasteiger partial charge on any atom is 0.314 e. The van der Waals surface area contributed by atoms with Crippen LogP contribution in [0, 0.1) is 0 Å².